The number of ether oxygens (including phenoxy) is 1. The second-order valence-corrected chi connectivity index (χ2v) is 5.76. The van der Waals surface area contributed by atoms with Crippen molar-refractivity contribution in [2.45, 2.75) is 31.5 Å². The molecule has 1 aliphatic heterocycles. The fraction of sp³-hybridized carbons (Fsp3) is 0.833. The summed E-state index contributed by atoms with van der Waals surface area (Å²) in [7, 11) is 1.41. The lowest BCUT2D eigenvalue weighted by molar-refractivity contribution is -0.148. The second kappa shape index (κ2) is 6.38. The number of esters is 1. The van der Waals surface area contributed by atoms with E-state index < -0.39 is 0 Å². The maximum atomic E-state index is 12.0. The Kier molecular flexibility index (Phi) is 5.43. The molecule has 1 saturated heterocycles. The van der Waals surface area contributed by atoms with Crippen LogP contribution in [0.5, 0.6) is 0 Å². The Balaban J connectivity index is 2.47. The summed E-state index contributed by atoms with van der Waals surface area (Å²) in [6, 6.07) is 0. The molecule has 0 aromatic heterocycles. The van der Waals surface area contributed by atoms with Gasteiger partial charge in [-0.25, -0.2) is 0 Å². The molecule has 0 aliphatic carbocycles. The molecule has 0 N–H and O–H groups in total. The number of hydrogen-bond donors (Lipinski definition) is 0. The van der Waals surface area contributed by atoms with Crippen LogP contribution in [0.1, 0.15) is 26.7 Å². The van der Waals surface area contributed by atoms with Crippen molar-refractivity contribution in [3.05, 3.63) is 0 Å². The van der Waals surface area contributed by atoms with Gasteiger partial charge in [-0.05, 0) is 18.8 Å². The molecular formula is C12H20BrNO3. The van der Waals surface area contributed by atoms with Gasteiger partial charge in [0.15, 0.2) is 0 Å². The molecule has 0 aromatic rings. The smallest absolute Gasteiger partial charge is 0.308 e. The first kappa shape index (κ1) is 14.5. The molecule has 4 nitrogen and oxygen atoms in total. The topological polar surface area (TPSA) is 46.6 Å². The molecular weight excluding hydrogens is 286 g/mol. The minimum atomic E-state index is -0.156. The predicted octanol–water partition coefficient (Wildman–Crippen LogP) is 1.82. The molecule has 1 rings (SSSR count). The highest BCUT2D eigenvalue weighted by Crippen LogP contribution is 2.22. The van der Waals surface area contributed by atoms with Crippen LogP contribution in [0, 0.1) is 11.8 Å². The van der Waals surface area contributed by atoms with Crippen LogP contribution in [-0.4, -0.2) is 41.8 Å². The molecule has 1 fully saturated rings. The van der Waals surface area contributed by atoms with Gasteiger partial charge in [0.05, 0.1) is 17.9 Å². The third kappa shape index (κ3) is 3.69. The average molecular weight is 306 g/mol. The van der Waals surface area contributed by atoms with Gasteiger partial charge in [0.25, 0.3) is 0 Å². The largest absolute Gasteiger partial charge is 0.469 e. The Morgan fingerprint density at radius 1 is 1.29 bits per heavy atom. The second-order valence-electron chi connectivity index (χ2n) is 4.77. The van der Waals surface area contributed by atoms with Crippen LogP contribution < -0.4 is 0 Å². The van der Waals surface area contributed by atoms with Gasteiger partial charge in [-0.2, -0.15) is 0 Å². The molecule has 17 heavy (non-hydrogen) atoms. The van der Waals surface area contributed by atoms with Gasteiger partial charge in [0.2, 0.25) is 5.91 Å². The quantitative estimate of drug-likeness (QED) is 0.590. The monoisotopic (exact) mass is 305 g/mol. The first-order valence-corrected chi connectivity index (χ1v) is 6.89. The fourth-order valence-electron chi connectivity index (χ4n) is 1.96. The van der Waals surface area contributed by atoms with Crippen LogP contribution >= 0.6 is 15.9 Å². The molecule has 0 radical (unpaired) electrons. The molecule has 5 heteroatoms. The van der Waals surface area contributed by atoms with Gasteiger partial charge in [0.1, 0.15) is 0 Å². The summed E-state index contributed by atoms with van der Waals surface area (Å²) in [5, 5.41) is 0. The van der Waals surface area contributed by atoms with Crippen molar-refractivity contribution < 1.29 is 14.3 Å². The lowest BCUT2D eigenvalue weighted by Gasteiger charge is -2.32. The molecule has 0 bridgehead atoms. The summed E-state index contributed by atoms with van der Waals surface area (Å²) < 4.78 is 4.72. The number of hydrogen-bond acceptors (Lipinski definition) is 3. The van der Waals surface area contributed by atoms with Gasteiger partial charge in [-0.15, -0.1) is 0 Å². The van der Waals surface area contributed by atoms with Gasteiger partial charge in [0, 0.05) is 13.1 Å². The molecule has 1 atom stereocenters. The summed E-state index contributed by atoms with van der Waals surface area (Å²) in [6.45, 7) is 5.32. The standard InChI is InChI=1S/C12H20BrNO3/c1-8(2)10(13)11(15)14-6-4-9(5-7-14)12(16)17-3/h8-10H,4-7H2,1-3H3/t10-/m0/s1. The number of alkyl halides is 1. The number of amides is 1. The first-order valence-electron chi connectivity index (χ1n) is 5.98. The average Bonchev–Trinajstić information content (AvgIpc) is 2.36. The highest BCUT2D eigenvalue weighted by Gasteiger charge is 2.31. The van der Waals surface area contributed by atoms with Gasteiger partial charge < -0.3 is 9.64 Å². The van der Waals surface area contributed by atoms with Crippen molar-refractivity contribution in [3.63, 3.8) is 0 Å². The predicted molar refractivity (Wildman–Crippen MR) is 68.9 cm³/mol. The summed E-state index contributed by atoms with van der Waals surface area (Å²) in [6.07, 6.45) is 1.41. The summed E-state index contributed by atoms with van der Waals surface area (Å²) in [5.41, 5.74) is 0. The van der Waals surface area contributed by atoms with Crippen LogP contribution in [-0.2, 0) is 14.3 Å². The zero-order chi connectivity index (χ0) is 13.0. The molecule has 0 spiro atoms. The van der Waals surface area contributed by atoms with E-state index in [1.807, 2.05) is 18.7 Å². The lowest BCUT2D eigenvalue weighted by atomic mass is 9.96. The minimum Gasteiger partial charge on any atom is -0.469 e. The van der Waals surface area contributed by atoms with Crippen molar-refractivity contribution in [1.82, 2.24) is 4.90 Å². The summed E-state index contributed by atoms with van der Waals surface area (Å²) in [4.78, 5) is 25.1. The first-order chi connectivity index (χ1) is 7.97. The lowest BCUT2D eigenvalue weighted by Crippen LogP contribution is -2.44. The highest BCUT2D eigenvalue weighted by molar-refractivity contribution is 9.10. The number of nitrogens with zero attached hydrogens (tertiary/aromatic N) is 1. The number of halogens is 1. The summed E-state index contributed by atoms with van der Waals surface area (Å²) in [5.74, 6) is 0.206. The maximum Gasteiger partial charge on any atom is 0.308 e. The van der Waals surface area contributed by atoms with E-state index in [0.29, 0.717) is 25.9 Å². The Bertz CT molecular complexity index is 285. The van der Waals surface area contributed by atoms with E-state index in [0.717, 1.165) is 0 Å². The molecule has 0 aromatic carbocycles. The van der Waals surface area contributed by atoms with E-state index in [1.54, 1.807) is 0 Å². The zero-order valence-corrected chi connectivity index (χ0v) is 12.2. The SMILES string of the molecule is COC(=O)C1CCN(C(=O)[C@@H](Br)C(C)C)CC1. The Labute approximate surface area is 111 Å². The van der Waals surface area contributed by atoms with Crippen LogP contribution in [0.4, 0.5) is 0 Å². The van der Waals surface area contributed by atoms with Crippen LogP contribution in [0.3, 0.4) is 0 Å². The Hall–Kier alpha value is -0.580. The zero-order valence-electron chi connectivity index (χ0n) is 10.6. The Morgan fingerprint density at radius 3 is 2.24 bits per heavy atom. The number of carbonyl (C=O) groups is 2. The third-order valence-corrected chi connectivity index (χ3v) is 4.61. The highest BCUT2D eigenvalue weighted by atomic mass is 79.9. The normalized spacial score (nSPS) is 19.2. The number of piperidine rings is 1. The fourth-order valence-corrected chi connectivity index (χ4v) is 2.25. The molecule has 1 heterocycles. The number of carbonyl (C=O) groups excluding carboxylic acids is 2. The van der Waals surface area contributed by atoms with Gasteiger partial charge >= 0.3 is 5.97 Å². The van der Waals surface area contributed by atoms with Crippen molar-refractivity contribution in [2.75, 3.05) is 20.2 Å². The van der Waals surface area contributed by atoms with Gasteiger partial charge in [-0.1, -0.05) is 29.8 Å². The van der Waals surface area contributed by atoms with E-state index in [2.05, 4.69) is 15.9 Å². The van der Waals surface area contributed by atoms with Crippen molar-refractivity contribution in [3.8, 4) is 0 Å². The van der Waals surface area contributed by atoms with Crippen molar-refractivity contribution >= 4 is 27.8 Å². The van der Waals surface area contributed by atoms with Crippen molar-refractivity contribution in [2.24, 2.45) is 11.8 Å². The molecule has 1 amide bonds. The van der Waals surface area contributed by atoms with Crippen LogP contribution in [0.2, 0.25) is 0 Å². The van der Waals surface area contributed by atoms with E-state index >= 15 is 0 Å². The number of rotatable bonds is 3. The van der Waals surface area contributed by atoms with E-state index in [-0.39, 0.29) is 28.5 Å². The van der Waals surface area contributed by atoms with Crippen molar-refractivity contribution in [1.29, 1.82) is 0 Å². The maximum absolute atomic E-state index is 12.0. The summed E-state index contributed by atoms with van der Waals surface area (Å²) >= 11 is 3.42. The Morgan fingerprint density at radius 2 is 1.82 bits per heavy atom. The van der Waals surface area contributed by atoms with Gasteiger partial charge in [-0.3, -0.25) is 9.59 Å². The number of likely N-dealkylation sites (tertiary alicyclic amines) is 1. The molecule has 0 saturated carbocycles. The van der Waals surface area contributed by atoms with E-state index in [9.17, 15) is 9.59 Å². The molecule has 1 aliphatic rings. The van der Waals surface area contributed by atoms with Crippen LogP contribution in [0.15, 0.2) is 0 Å². The van der Waals surface area contributed by atoms with E-state index in [4.69, 9.17) is 4.74 Å². The van der Waals surface area contributed by atoms with E-state index in [1.165, 1.54) is 7.11 Å². The van der Waals surface area contributed by atoms with Crippen LogP contribution in [0.25, 0.3) is 0 Å². The molecule has 98 valence electrons. The molecule has 0 unspecified atom stereocenters. The number of methoxy groups -OCH3 is 1. The minimum absolute atomic E-state index is 0.0446. The third-order valence-electron chi connectivity index (χ3n) is 3.16.